The highest BCUT2D eigenvalue weighted by atomic mass is 127. The van der Waals surface area contributed by atoms with E-state index in [9.17, 15) is 8.42 Å². The number of aliphatic imine (C=N–C) groups is 1. The SMILES string of the molecule is CN=C(NCCS(=O)(=O)NCC1CCC1)NC1CC2CCC1O2.I. The molecule has 2 bridgehead atoms. The van der Waals surface area contributed by atoms with Crippen LogP contribution in [0.4, 0.5) is 0 Å². The van der Waals surface area contributed by atoms with Crippen LogP contribution in [0.5, 0.6) is 0 Å². The normalized spacial score (nSPS) is 29.9. The summed E-state index contributed by atoms with van der Waals surface area (Å²) < 4.78 is 32.4. The van der Waals surface area contributed by atoms with Gasteiger partial charge in [0.05, 0.1) is 24.0 Å². The summed E-state index contributed by atoms with van der Waals surface area (Å²) in [4.78, 5) is 4.17. The van der Waals surface area contributed by atoms with Gasteiger partial charge in [0, 0.05) is 20.1 Å². The van der Waals surface area contributed by atoms with E-state index in [2.05, 4.69) is 20.3 Å². The van der Waals surface area contributed by atoms with Crippen molar-refractivity contribution in [2.75, 3.05) is 25.9 Å². The van der Waals surface area contributed by atoms with Gasteiger partial charge in [-0.2, -0.15) is 0 Å². The van der Waals surface area contributed by atoms with E-state index in [1.165, 1.54) is 6.42 Å². The van der Waals surface area contributed by atoms with Crippen LogP contribution in [0.1, 0.15) is 38.5 Å². The first-order valence-corrected chi connectivity index (χ1v) is 10.3. The Kier molecular flexibility index (Phi) is 7.57. The van der Waals surface area contributed by atoms with Crippen LogP contribution in [-0.4, -0.2) is 58.5 Å². The number of nitrogens with one attached hydrogen (secondary N) is 3. The maximum Gasteiger partial charge on any atom is 0.213 e. The van der Waals surface area contributed by atoms with Crippen LogP contribution in [0, 0.1) is 5.92 Å². The van der Waals surface area contributed by atoms with Crippen molar-refractivity contribution in [3.63, 3.8) is 0 Å². The minimum absolute atomic E-state index is 0. The molecule has 3 rings (SSSR count). The van der Waals surface area contributed by atoms with Gasteiger partial charge in [0.15, 0.2) is 5.96 Å². The average Bonchev–Trinajstić information content (AvgIpc) is 3.06. The van der Waals surface area contributed by atoms with Crippen LogP contribution in [0.3, 0.4) is 0 Å². The highest BCUT2D eigenvalue weighted by Crippen LogP contribution is 2.34. The predicted octanol–water partition coefficient (Wildman–Crippen LogP) is 0.809. The number of fused-ring (bicyclic) bond motifs is 2. The van der Waals surface area contributed by atoms with Crippen LogP contribution < -0.4 is 15.4 Å². The molecule has 140 valence electrons. The van der Waals surface area contributed by atoms with Crippen molar-refractivity contribution in [2.24, 2.45) is 10.9 Å². The standard InChI is InChI=1S/C15H28N4O3S.HI/c1-16-15(19-13-9-12-5-6-14(13)22-12)17-7-8-23(20,21)18-10-11-3-2-4-11;/h11-14,18H,2-10H2,1H3,(H2,16,17,19);1H. The van der Waals surface area contributed by atoms with Gasteiger partial charge in [0.2, 0.25) is 10.0 Å². The summed E-state index contributed by atoms with van der Waals surface area (Å²) in [5, 5.41) is 6.44. The van der Waals surface area contributed by atoms with Crippen molar-refractivity contribution in [1.29, 1.82) is 0 Å². The summed E-state index contributed by atoms with van der Waals surface area (Å²) in [7, 11) is -1.51. The fraction of sp³-hybridized carbons (Fsp3) is 0.933. The van der Waals surface area contributed by atoms with Crippen LogP contribution in [0.2, 0.25) is 0 Å². The Morgan fingerprint density at radius 2 is 2.04 bits per heavy atom. The Balaban J connectivity index is 0.00000208. The molecular weight excluding hydrogens is 443 g/mol. The van der Waals surface area contributed by atoms with Gasteiger partial charge in [-0.15, -0.1) is 24.0 Å². The van der Waals surface area contributed by atoms with E-state index in [1.807, 2.05) is 0 Å². The van der Waals surface area contributed by atoms with Crippen LogP contribution in [0.25, 0.3) is 0 Å². The average molecular weight is 472 g/mol. The summed E-state index contributed by atoms with van der Waals surface area (Å²) >= 11 is 0. The summed E-state index contributed by atoms with van der Waals surface area (Å²) in [5.74, 6) is 1.25. The number of hydrogen-bond donors (Lipinski definition) is 3. The fourth-order valence-electron chi connectivity index (χ4n) is 3.48. The Morgan fingerprint density at radius 3 is 2.58 bits per heavy atom. The van der Waals surface area contributed by atoms with Gasteiger partial charge in [-0.05, 0) is 38.0 Å². The predicted molar refractivity (Wildman–Crippen MR) is 105 cm³/mol. The van der Waals surface area contributed by atoms with Gasteiger partial charge < -0.3 is 15.4 Å². The molecule has 7 nitrogen and oxygen atoms in total. The molecule has 3 fully saturated rings. The quantitative estimate of drug-likeness (QED) is 0.290. The minimum atomic E-state index is -3.21. The van der Waals surface area contributed by atoms with E-state index < -0.39 is 10.0 Å². The molecule has 0 aromatic rings. The van der Waals surface area contributed by atoms with Crippen LogP contribution >= 0.6 is 24.0 Å². The van der Waals surface area contributed by atoms with Crippen molar-refractivity contribution in [2.45, 2.75) is 56.8 Å². The maximum absolute atomic E-state index is 12.0. The van der Waals surface area contributed by atoms with E-state index in [0.29, 0.717) is 31.1 Å². The van der Waals surface area contributed by atoms with E-state index in [1.54, 1.807) is 7.05 Å². The monoisotopic (exact) mass is 472 g/mol. The third kappa shape index (κ3) is 5.43. The second kappa shape index (κ2) is 9.00. The third-order valence-electron chi connectivity index (χ3n) is 5.13. The fourth-order valence-corrected chi connectivity index (χ4v) is 4.48. The van der Waals surface area contributed by atoms with Gasteiger partial charge in [-0.3, -0.25) is 4.99 Å². The number of halogens is 1. The topological polar surface area (TPSA) is 91.8 Å². The molecule has 3 unspecified atom stereocenters. The molecule has 0 spiro atoms. The lowest BCUT2D eigenvalue weighted by atomic mass is 9.86. The van der Waals surface area contributed by atoms with Crippen molar-refractivity contribution >= 4 is 40.0 Å². The molecule has 0 aromatic carbocycles. The molecule has 2 heterocycles. The molecular formula is C15H29IN4O3S. The zero-order valence-corrected chi connectivity index (χ0v) is 17.3. The van der Waals surface area contributed by atoms with Crippen molar-refractivity contribution in [3.05, 3.63) is 0 Å². The zero-order chi connectivity index (χ0) is 16.3. The number of sulfonamides is 1. The first-order valence-electron chi connectivity index (χ1n) is 8.66. The summed E-state index contributed by atoms with van der Waals surface area (Å²) in [6, 6.07) is 0.285. The molecule has 1 aliphatic carbocycles. The summed E-state index contributed by atoms with van der Waals surface area (Å²) in [5.41, 5.74) is 0. The molecule has 0 aromatic heterocycles. The first kappa shape index (κ1) is 20.2. The van der Waals surface area contributed by atoms with Gasteiger partial charge >= 0.3 is 0 Å². The Bertz CT molecular complexity index is 539. The third-order valence-corrected chi connectivity index (χ3v) is 6.48. The lowest BCUT2D eigenvalue weighted by Crippen LogP contribution is -2.48. The molecule has 3 aliphatic rings. The Hall–Kier alpha value is -0.130. The number of hydrogen-bond acceptors (Lipinski definition) is 4. The molecule has 24 heavy (non-hydrogen) atoms. The summed E-state index contributed by atoms with van der Waals surface area (Å²) in [6.45, 7) is 0.930. The highest BCUT2D eigenvalue weighted by Gasteiger charge is 2.41. The second-order valence-corrected chi connectivity index (χ2v) is 8.75. The zero-order valence-electron chi connectivity index (χ0n) is 14.2. The van der Waals surface area contributed by atoms with Crippen molar-refractivity contribution in [3.8, 4) is 0 Å². The Labute approximate surface area is 161 Å². The molecule has 2 aliphatic heterocycles. The van der Waals surface area contributed by atoms with Gasteiger partial charge in [0.1, 0.15) is 0 Å². The van der Waals surface area contributed by atoms with Gasteiger partial charge in [-0.1, -0.05) is 6.42 Å². The number of guanidine groups is 1. The molecule has 3 atom stereocenters. The molecule has 0 amide bonds. The Morgan fingerprint density at radius 1 is 1.25 bits per heavy atom. The number of ether oxygens (including phenoxy) is 1. The summed E-state index contributed by atoms with van der Waals surface area (Å²) in [6.07, 6.45) is 7.41. The van der Waals surface area contributed by atoms with Crippen LogP contribution in [0.15, 0.2) is 4.99 Å². The molecule has 2 saturated heterocycles. The number of rotatable bonds is 7. The maximum atomic E-state index is 12.0. The van der Waals surface area contributed by atoms with E-state index in [-0.39, 0.29) is 41.9 Å². The van der Waals surface area contributed by atoms with Crippen LogP contribution in [-0.2, 0) is 14.8 Å². The van der Waals surface area contributed by atoms with Crippen molar-refractivity contribution in [1.82, 2.24) is 15.4 Å². The van der Waals surface area contributed by atoms with E-state index in [4.69, 9.17) is 4.74 Å². The largest absolute Gasteiger partial charge is 0.373 e. The molecule has 1 saturated carbocycles. The van der Waals surface area contributed by atoms with Crippen molar-refractivity contribution < 1.29 is 13.2 Å². The van der Waals surface area contributed by atoms with E-state index in [0.717, 1.165) is 32.1 Å². The minimum Gasteiger partial charge on any atom is -0.373 e. The molecule has 9 heteroatoms. The first-order chi connectivity index (χ1) is 11.1. The smallest absolute Gasteiger partial charge is 0.213 e. The van der Waals surface area contributed by atoms with E-state index >= 15 is 0 Å². The second-order valence-electron chi connectivity index (χ2n) is 6.82. The molecule has 0 radical (unpaired) electrons. The lowest BCUT2D eigenvalue weighted by molar-refractivity contribution is 0.0992. The van der Waals surface area contributed by atoms with Gasteiger partial charge in [0.25, 0.3) is 0 Å². The lowest BCUT2D eigenvalue weighted by Gasteiger charge is -2.25. The molecule has 3 N–H and O–H groups in total. The van der Waals surface area contributed by atoms with Gasteiger partial charge in [-0.25, -0.2) is 13.1 Å². The highest BCUT2D eigenvalue weighted by molar-refractivity contribution is 14.0. The number of nitrogens with zero attached hydrogens (tertiary/aromatic N) is 1.